The van der Waals surface area contributed by atoms with Gasteiger partial charge in [0.25, 0.3) is 0 Å². The first-order valence-electron chi connectivity index (χ1n) is 6.99. The van der Waals surface area contributed by atoms with Gasteiger partial charge in [-0.15, -0.1) is 0 Å². The van der Waals surface area contributed by atoms with Gasteiger partial charge in [0, 0.05) is 19.6 Å². The molecule has 1 unspecified atom stereocenters. The van der Waals surface area contributed by atoms with E-state index >= 15 is 0 Å². The van der Waals surface area contributed by atoms with Crippen molar-refractivity contribution in [1.29, 1.82) is 0 Å². The summed E-state index contributed by atoms with van der Waals surface area (Å²) in [4.78, 5) is 11.1. The summed E-state index contributed by atoms with van der Waals surface area (Å²) in [5.41, 5.74) is 6.68. The van der Waals surface area contributed by atoms with Crippen LogP contribution < -0.4 is 11.1 Å². The van der Waals surface area contributed by atoms with Crippen molar-refractivity contribution in [2.75, 3.05) is 30.7 Å². The summed E-state index contributed by atoms with van der Waals surface area (Å²) in [6, 6.07) is 0.414. The lowest BCUT2D eigenvalue weighted by atomic mass is 10.3. The molecule has 0 amide bonds. The first kappa shape index (κ1) is 14.5. The number of anilines is 2. The van der Waals surface area contributed by atoms with Crippen LogP contribution in [0.5, 0.6) is 0 Å². The van der Waals surface area contributed by atoms with E-state index in [1.165, 1.54) is 0 Å². The first-order valence-corrected chi connectivity index (χ1v) is 6.99. The van der Waals surface area contributed by atoms with Gasteiger partial charge in [0.1, 0.15) is 5.82 Å². The van der Waals surface area contributed by atoms with Crippen molar-refractivity contribution in [3.63, 3.8) is 0 Å². The van der Waals surface area contributed by atoms with E-state index in [0.717, 1.165) is 30.7 Å². The van der Waals surface area contributed by atoms with E-state index in [2.05, 4.69) is 46.1 Å². The van der Waals surface area contributed by atoms with Crippen LogP contribution in [-0.4, -0.2) is 50.3 Å². The Bertz CT molecular complexity index is 573. The SMILES string of the molecule is CCN(CC)C(C)CNc1nc(N)c2cnn(C)c2n1. The zero-order chi connectivity index (χ0) is 14.7. The highest BCUT2D eigenvalue weighted by Crippen LogP contribution is 2.18. The Labute approximate surface area is 119 Å². The highest BCUT2D eigenvalue weighted by atomic mass is 15.3. The first-order chi connectivity index (χ1) is 9.56. The fourth-order valence-corrected chi connectivity index (χ4v) is 2.34. The molecule has 0 saturated carbocycles. The molecule has 20 heavy (non-hydrogen) atoms. The van der Waals surface area contributed by atoms with Gasteiger partial charge >= 0.3 is 0 Å². The van der Waals surface area contributed by atoms with Crippen LogP contribution in [0.3, 0.4) is 0 Å². The number of fused-ring (bicyclic) bond motifs is 1. The average molecular weight is 277 g/mol. The normalized spacial score (nSPS) is 13.1. The summed E-state index contributed by atoms with van der Waals surface area (Å²) in [6.45, 7) is 9.36. The number of hydrogen-bond donors (Lipinski definition) is 2. The van der Waals surface area contributed by atoms with Gasteiger partial charge < -0.3 is 11.1 Å². The van der Waals surface area contributed by atoms with Crippen molar-refractivity contribution >= 4 is 22.8 Å². The van der Waals surface area contributed by atoms with Crippen LogP contribution >= 0.6 is 0 Å². The predicted octanol–water partition coefficient (Wildman–Crippen LogP) is 1.09. The highest BCUT2D eigenvalue weighted by molar-refractivity contribution is 5.86. The van der Waals surface area contributed by atoms with E-state index in [0.29, 0.717) is 17.8 Å². The minimum absolute atomic E-state index is 0.414. The van der Waals surface area contributed by atoms with Crippen LogP contribution in [0, 0.1) is 0 Å². The maximum atomic E-state index is 5.93. The van der Waals surface area contributed by atoms with Crippen LogP contribution in [0.1, 0.15) is 20.8 Å². The van der Waals surface area contributed by atoms with Gasteiger partial charge in [-0.3, -0.25) is 9.58 Å². The molecule has 0 aliphatic rings. The van der Waals surface area contributed by atoms with Gasteiger partial charge in [0.2, 0.25) is 5.95 Å². The maximum Gasteiger partial charge on any atom is 0.226 e. The van der Waals surface area contributed by atoms with E-state index < -0.39 is 0 Å². The van der Waals surface area contributed by atoms with Gasteiger partial charge in [-0.25, -0.2) is 0 Å². The number of rotatable bonds is 6. The number of nitrogens with two attached hydrogens (primary N) is 1. The van der Waals surface area contributed by atoms with Crippen molar-refractivity contribution in [3.8, 4) is 0 Å². The van der Waals surface area contributed by atoms with E-state index in [1.54, 1.807) is 10.9 Å². The molecular formula is C13H23N7. The van der Waals surface area contributed by atoms with E-state index in [4.69, 9.17) is 5.73 Å². The van der Waals surface area contributed by atoms with Crippen LogP contribution in [0.2, 0.25) is 0 Å². The molecule has 3 N–H and O–H groups in total. The topological polar surface area (TPSA) is 84.9 Å². The zero-order valence-corrected chi connectivity index (χ0v) is 12.6. The Balaban J connectivity index is 2.12. The van der Waals surface area contributed by atoms with Crippen molar-refractivity contribution in [1.82, 2.24) is 24.6 Å². The molecule has 110 valence electrons. The molecule has 1 atom stereocenters. The quantitative estimate of drug-likeness (QED) is 0.822. The molecule has 7 nitrogen and oxygen atoms in total. The molecule has 0 aliphatic heterocycles. The Hall–Kier alpha value is -1.89. The number of likely N-dealkylation sites (N-methyl/N-ethyl adjacent to an activating group) is 1. The summed E-state index contributed by atoms with van der Waals surface area (Å²) in [6.07, 6.45) is 1.69. The van der Waals surface area contributed by atoms with Crippen molar-refractivity contribution < 1.29 is 0 Å². The molecule has 0 bridgehead atoms. The predicted molar refractivity (Wildman–Crippen MR) is 81.6 cm³/mol. The Kier molecular flexibility index (Phi) is 4.39. The third-order valence-electron chi connectivity index (χ3n) is 3.61. The number of hydrogen-bond acceptors (Lipinski definition) is 6. The van der Waals surface area contributed by atoms with Crippen molar-refractivity contribution in [2.24, 2.45) is 7.05 Å². The van der Waals surface area contributed by atoms with Gasteiger partial charge in [0.15, 0.2) is 5.65 Å². The molecule has 0 radical (unpaired) electrons. The Morgan fingerprint density at radius 2 is 2.05 bits per heavy atom. The summed E-state index contributed by atoms with van der Waals surface area (Å²) >= 11 is 0. The van der Waals surface area contributed by atoms with Crippen LogP contribution in [-0.2, 0) is 7.05 Å². The van der Waals surface area contributed by atoms with Crippen LogP contribution in [0.15, 0.2) is 6.20 Å². The third kappa shape index (κ3) is 2.82. The Morgan fingerprint density at radius 3 is 2.70 bits per heavy atom. The maximum absolute atomic E-state index is 5.93. The average Bonchev–Trinajstić information content (AvgIpc) is 2.80. The van der Waals surface area contributed by atoms with Gasteiger partial charge in [-0.1, -0.05) is 13.8 Å². The largest absolute Gasteiger partial charge is 0.383 e. The molecule has 0 spiro atoms. The second-order valence-electron chi connectivity index (χ2n) is 4.89. The molecule has 0 fully saturated rings. The fourth-order valence-electron chi connectivity index (χ4n) is 2.34. The summed E-state index contributed by atoms with van der Waals surface area (Å²) in [7, 11) is 1.84. The third-order valence-corrected chi connectivity index (χ3v) is 3.61. The second-order valence-corrected chi connectivity index (χ2v) is 4.89. The highest BCUT2D eigenvalue weighted by Gasteiger charge is 2.12. The fraction of sp³-hybridized carbons (Fsp3) is 0.615. The second kappa shape index (κ2) is 6.04. The number of nitrogens with one attached hydrogen (secondary N) is 1. The van der Waals surface area contributed by atoms with E-state index in [-0.39, 0.29) is 0 Å². The Morgan fingerprint density at radius 1 is 1.35 bits per heavy atom. The lowest BCUT2D eigenvalue weighted by molar-refractivity contribution is 0.240. The smallest absolute Gasteiger partial charge is 0.226 e. The van der Waals surface area contributed by atoms with Gasteiger partial charge in [0.05, 0.1) is 11.6 Å². The zero-order valence-electron chi connectivity index (χ0n) is 12.6. The monoisotopic (exact) mass is 277 g/mol. The molecule has 0 aliphatic carbocycles. The minimum Gasteiger partial charge on any atom is -0.383 e. The van der Waals surface area contributed by atoms with Crippen LogP contribution in [0.25, 0.3) is 11.0 Å². The molecule has 2 aromatic heterocycles. The number of nitrogens with zero attached hydrogens (tertiary/aromatic N) is 5. The van der Waals surface area contributed by atoms with Crippen LogP contribution in [0.4, 0.5) is 11.8 Å². The summed E-state index contributed by atoms with van der Waals surface area (Å²) < 4.78 is 1.70. The summed E-state index contributed by atoms with van der Waals surface area (Å²) in [5.74, 6) is 1.01. The lowest BCUT2D eigenvalue weighted by Crippen LogP contribution is -2.37. The van der Waals surface area contributed by atoms with E-state index in [1.807, 2.05) is 7.05 Å². The standard InChI is InChI=1S/C13H23N7/c1-5-20(6-2)9(3)7-15-13-17-11(14)10-8-16-19(4)12(10)18-13/h8-9H,5-7H2,1-4H3,(H3,14,15,17,18). The lowest BCUT2D eigenvalue weighted by Gasteiger charge is -2.26. The van der Waals surface area contributed by atoms with Crippen molar-refractivity contribution in [3.05, 3.63) is 6.20 Å². The van der Waals surface area contributed by atoms with Gasteiger partial charge in [-0.2, -0.15) is 15.1 Å². The molecular weight excluding hydrogens is 254 g/mol. The number of aromatic nitrogens is 4. The van der Waals surface area contributed by atoms with E-state index in [9.17, 15) is 0 Å². The number of aryl methyl sites for hydroxylation is 1. The molecule has 7 heteroatoms. The molecule has 0 aromatic carbocycles. The molecule has 2 heterocycles. The molecule has 2 aromatic rings. The number of nitrogen functional groups attached to an aromatic ring is 1. The van der Waals surface area contributed by atoms with Crippen molar-refractivity contribution in [2.45, 2.75) is 26.8 Å². The molecule has 0 saturated heterocycles. The molecule has 2 rings (SSSR count). The minimum atomic E-state index is 0.414. The summed E-state index contributed by atoms with van der Waals surface area (Å²) in [5, 5.41) is 8.19. The van der Waals surface area contributed by atoms with Gasteiger partial charge in [-0.05, 0) is 20.0 Å².